The van der Waals surface area contributed by atoms with Crippen LogP contribution in [0.25, 0.3) is 0 Å². The molecule has 0 bridgehead atoms. The van der Waals surface area contributed by atoms with Crippen LogP contribution >= 0.6 is 12.4 Å². The maximum absolute atomic E-state index is 12.6. The molecule has 1 atom stereocenters. The molecule has 1 unspecified atom stereocenters. The first-order valence-electron chi connectivity index (χ1n) is 6.71. The van der Waals surface area contributed by atoms with E-state index in [1.165, 1.54) is 12.1 Å². The summed E-state index contributed by atoms with van der Waals surface area (Å²) in [6.45, 7) is 0.722. The van der Waals surface area contributed by atoms with E-state index in [0.717, 1.165) is 25.0 Å². The van der Waals surface area contributed by atoms with Crippen molar-refractivity contribution in [2.75, 3.05) is 19.7 Å². The molecule has 2 N–H and O–H groups in total. The van der Waals surface area contributed by atoms with Gasteiger partial charge in [0.15, 0.2) is 6.61 Å². The third kappa shape index (κ3) is 4.51. The van der Waals surface area contributed by atoms with Crippen LogP contribution in [-0.4, -0.2) is 36.5 Å². The molecule has 0 radical (unpaired) electrons. The van der Waals surface area contributed by atoms with Crippen LogP contribution in [-0.2, 0) is 11.0 Å². The Morgan fingerprint density at radius 2 is 2.14 bits per heavy atom. The van der Waals surface area contributed by atoms with Crippen LogP contribution in [0.3, 0.4) is 0 Å². The summed E-state index contributed by atoms with van der Waals surface area (Å²) in [5.41, 5.74) is 4.78. The molecule has 0 aliphatic carbocycles. The Balaban J connectivity index is 0.00000242. The Bertz CT molecular complexity index is 511. The van der Waals surface area contributed by atoms with Crippen molar-refractivity contribution in [3.05, 3.63) is 29.8 Å². The average molecular weight is 339 g/mol. The van der Waals surface area contributed by atoms with Gasteiger partial charge in [0.2, 0.25) is 0 Å². The molecule has 8 heteroatoms. The van der Waals surface area contributed by atoms with Crippen molar-refractivity contribution in [2.45, 2.75) is 25.1 Å². The Morgan fingerprint density at radius 1 is 1.41 bits per heavy atom. The van der Waals surface area contributed by atoms with Gasteiger partial charge in [-0.3, -0.25) is 4.79 Å². The second-order valence-electron chi connectivity index (χ2n) is 4.93. The van der Waals surface area contributed by atoms with Gasteiger partial charge in [0.25, 0.3) is 5.91 Å². The summed E-state index contributed by atoms with van der Waals surface area (Å²) >= 11 is 0. The summed E-state index contributed by atoms with van der Waals surface area (Å²) < 4.78 is 42.9. The molecule has 1 fully saturated rings. The zero-order valence-electron chi connectivity index (χ0n) is 11.8. The topological polar surface area (TPSA) is 55.6 Å². The van der Waals surface area contributed by atoms with Crippen LogP contribution in [0.5, 0.6) is 5.75 Å². The summed E-state index contributed by atoms with van der Waals surface area (Å²) in [5.74, 6) is -0.220. The lowest BCUT2D eigenvalue weighted by atomic mass is 10.2. The van der Waals surface area contributed by atoms with Crippen molar-refractivity contribution in [1.29, 1.82) is 0 Å². The molecular weight excluding hydrogens is 321 g/mol. The highest BCUT2D eigenvalue weighted by Gasteiger charge is 2.31. The van der Waals surface area contributed by atoms with Crippen molar-refractivity contribution < 1.29 is 22.7 Å². The second kappa shape index (κ2) is 7.69. The molecule has 124 valence electrons. The third-order valence-corrected chi connectivity index (χ3v) is 3.49. The number of halogens is 4. The maximum atomic E-state index is 12.6. The normalized spacial score (nSPS) is 18.0. The average Bonchev–Trinajstić information content (AvgIpc) is 2.92. The number of rotatable bonds is 4. The number of hydrogen-bond acceptors (Lipinski definition) is 3. The van der Waals surface area contributed by atoms with E-state index in [-0.39, 0.29) is 36.7 Å². The van der Waals surface area contributed by atoms with E-state index < -0.39 is 11.7 Å². The summed E-state index contributed by atoms with van der Waals surface area (Å²) in [4.78, 5) is 13.6. The lowest BCUT2D eigenvalue weighted by Crippen LogP contribution is -2.42. The largest absolute Gasteiger partial charge is 0.484 e. The fraction of sp³-hybridized carbons (Fsp3) is 0.500. The highest BCUT2D eigenvalue weighted by molar-refractivity contribution is 5.85. The van der Waals surface area contributed by atoms with Gasteiger partial charge < -0.3 is 15.4 Å². The second-order valence-corrected chi connectivity index (χ2v) is 4.93. The molecule has 0 aromatic heterocycles. The molecule has 1 aliphatic rings. The van der Waals surface area contributed by atoms with Gasteiger partial charge in [-0.15, -0.1) is 12.4 Å². The van der Waals surface area contributed by atoms with Crippen molar-refractivity contribution in [3.8, 4) is 5.75 Å². The van der Waals surface area contributed by atoms with Crippen LogP contribution in [0, 0.1) is 0 Å². The lowest BCUT2D eigenvalue weighted by Gasteiger charge is -2.23. The molecule has 1 heterocycles. The van der Waals surface area contributed by atoms with Gasteiger partial charge in [-0.1, -0.05) is 6.07 Å². The number of hydrogen-bond donors (Lipinski definition) is 1. The fourth-order valence-electron chi connectivity index (χ4n) is 2.40. The van der Waals surface area contributed by atoms with E-state index in [1.54, 1.807) is 4.90 Å². The first-order chi connectivity index (χ1) is 9.91. The van der Waals surface area contributed by atoms with Gasteiger partial charge in [-0.25, -0.2) is 0 Å². The summed E-state index contributed by atoms with van der Waals surface area (Å²) in [6.07, 6.45) is -2.69. The van der Waals surface area contributed by atoms with Crippen molar-refractivity contribution in [2.24, 2.45) is 5.73 Å². The van der Waals surface area contributed by atoms with Crippen LogP contribution in [0.4, 0.5) is 13.2 Å². The molecule has 22 heavy (non-hydrogen) atoms. The number of ether oxygens (including phenoxy) is 1. The minimum Gasteiger partial charge on any atom is -0.484 e. The zero-order valence-corrected chi connectivity index (χ0v) is 12.6. The number of carbonyl (C=O) groups is 1. The first kappa shape index (κ1) is 18.6. The van der Waals surface area contributed by atoms with Crippen LogP contribution < -0.4 is 10.5 Å². The summed E-state index contributed by atoms with van der Waals surface area (Å²) in [5, 5.41) is 0. The first-order valence-corrected chi connectivity index (χ1v) is 6.71. The highest BCUT2D eigenvalue weighted by atomic mass is 35.5. The molecule has 4 nitrogen and oxygen atoms in total. The minimum absolute atomic E-state index is 0. The van der Waals surface area contributed by atoms with Gasteiger partial charge in [-0.2, -0.15) is 13.2 Å². The van der Waals surface area contributed by atoms with Gasteiger partial charge >= 0.3 is 6.18 Å². The molecule has 1 amide bonds. The van der Waals surface area contributed by atoms with E-state index in [1.807, 2.05) is 0 Å². The number of likely N-dealkylation sites (tertiary alicyclic amines) is 1. The quantitative estimate of drug-likeness (QED) is 0.917. The Morgan fingerprint density at radius 3 is 2.77 bits per heavy atom. The number of amides is 1. The maximum Gasteiger partial charge on any atom is 0.416 e. The fourth-order valence-corrected chi connectivity index (χ4v) is 2.40. The molecule has 1 aromatic carbocycles. The number of nitrogens with zero attached hydrogens (tertiary/aromatic N) is 1. The zero-order chi connectivity index (χ0) is 15.5. The molecule has 1 aliphatic heterocycles. The molecule has 0 saturated carbocycles. The van der Waals surface area contributed by atoms with E-state index in [4.69, 9.17) is 10.5 Å². The predicted octanol–water partition coefficient (Wildman–Crippen LogP) is 2.46. The predicted molar refractivity (Wildman–Crippen MR) is 78.0 cm³/mol. The van der Waals surface area contributed by atoms with Gasteiger partial charge in [0.1, 0.15) is 5.75 Å². The lowest BCUT2D eigenvalue weighted by molar-refractivity contribution is -0.137. The third-order valence-electron chi connectivity index (χ3n) is 3.49. The van der Waals surface area contributed by atoms with Crippen molar-refractivity contribution in [1.82, 2.24) is 4.90 Å². The standard InChI is InChI=1S/C14H17F3N2O2.ClH/c15-14(16,17)10-3-1-5-12(7-10)21-9-13(20)19-6-2-4-11(19)8-18;/h1,3,5,7,11H,2,4,6,8-9,18H2;1H. The van der Waals surface area contributed by atoms with Crippen molar-refractivity contribution in [3.63, 3.8) is 0 Å². The van der Waals surface area contributed by atoms with Crippen LogP contribution in [0.2, 0.25) is 0 Å². The number of nitrogens with two attached hydrogens (primary N) is 1. The summed E-state index contributed by atoms with van der Waals surface area (Å²) in [7, 11) is 0. The Kier molecular flexibility index (Phi) is 6.49. The van der Waals surface area contributed by atoms with Gasteiger partial charge in [0.05, 0.1) is 5.56 Å². The number of benzene rings is 1. The molecule has 0 spiro atoms. The van der Waals surface area contributed by atoms with Gasteiger partial charge in [0, 0.05) is 19.1 Å². The number of carbonyl (C=O) groups excluding carboxylic acids is 1. The molecule has 2 rings (SSSR count). The monoisotopic (exact) mass is 338 g/mol. The Labute approximate surface area is 132 Å². The highest BCUT2D eigenvalue weighted by Crippen LogP contribution is 2.31. The summed E-state index contributed by atoms with van der Waals surface area (Å²) in [6, 6.07) is 4.49. The van der Waals surface area contributed by atoms with Crippen LogP contribution in [0.1, 0.15) is 18.4 Å². The van der Waals surface area contributed by atoms with E-state index in [9.17, 15) is 18.0 Å². The van der Waals surface area contributed by atoms with E-state index in [2.05, 4.69) is 0 Å². The Hall–Kier alpha value is -1.47. The smallest absolute Gasteiger partial charge is 0.416 e. The van der Waals surface area contributed by atoms with Crippen LogP contribution in [0.15, 0.2) is 24.3 Å². The minimum atomic E-state index is -4.43. The SMILES string of the molecule is Cl.NCC1CCCN1C(=O)COc1cccc(C(F)(F)F)c1. The van der Waals surface area contributed by atoms with E-state index in [0.29, 0.717) is 13.1 Å². The molecule has 1 saturated heterocycles. The number of alkyl halides is 3. The van der Waals surface area contributed by atoms with E-state index >= 15 is 0 Å². The molecule has 1 aromatic rings. The van der Waals surface area contributed by atoms with Gasteiger partial charge in [-0.05, 0) is 31.0 Å². The molecular formula is C14H18ClF3N2O2. The van der Waals surface area contributed by atoms with Crippen molar-refractivity contribution >= 4 is 18.3 Å².